The highest BCUT2D eigenvalue weighted by Crippen LogP contribution is 2.54. The highest BCUT2D eigenvalue weighted by Gasteiger charge is 2.55. The number of aromatic hydroxyl groups is 1. The van der Waals surface area contributed by atoms with Crippen LogP contribution >= 0.6 is 11.6 Å². The number of rotatable bonds is 8. The second-order valence-corrected chi connectivity index (χ2v) is 13.6. The zero-order valence-electron chi connectivity index (χ0n) is 24.3. The van der Waals surface area contributed by atoms with Crippen molar-refractivity contribution in [2.75, 3.05) is 51.1 Å². The van der Waals surface area contributed by atoms with E-state index >= 15 is 4.39 Å². The molecule has 3 aromatic rings. The number of aliphatic hydroxyl groups excluding tert-OH is 1. The Morgan fingerprint density at radius 2 is 1.91 bits per heavy atom. The van der Waals surface area contributed by atoms with Gasteiger partial charge in [0.2, 0.25) is 0 Å². The fourth-order valence-electron chi connectivity index (χ4n) is 8.25. The Kier molecular flexibility index (Phi) is 7.56. The van der Waals surface area contributed by atoms with Crippen LogP contribution in [0.15, 0.2) is 24.4 Å². The molecule has 13 heteroatoms. The minimum absolute atomic E-state index is 0.00195. The molecule has 5 heterocycles. The maximum atomic E-state index is 16.3. The molecule has 4 fully saturated rings. The summed E-state index contributed by atoms with van der Waals surface area (Å²) in [6.45, 7) is 2.25. The first-order valence-corrected chi connectivity index (χ1v) is 15.5. The lowest BCUT2D eigenvalue weighted by Gasteiger charge is -2.57. The fourth-order valence-corrected chi connectivity index (χ4v) is 8.48. The van der Waals surface area contributed by atoms with Gasteiger partial charge in [-0.1, -0.05) is 11.6 Å². The SMILES string of the molecule is OCOCC1(O)CC2(CCCN(c3nc(OC[C@@]45CCCN4C[C@H](F)C5)nc4c(F)c(-c5cc(O)cc(Cl)c5)ncc34)C2)C1. The van der Waals surface area contributed by atoms with Crippen molar-refractivity contribution in [3.63, 3.8) is 0 Å². The number of hydrogen-bond donors (Lipinski definition) is 3. The quantitative estimate of drug-likeness (QED) is 0.311. The van der Waals surface area contributed by atoms with Crippen LogP contribution in [0.5, 0.6) is 11.8 Å². The molecule has 4 aliphatic rings. The zero-order valence-corrected chi connectivity index (χ0v) is 25.1. The molecule has 0 bridgehead atoms. The molecule has 1 saturated carbocycles. The van der Waals surface area contributed by atoms with Gasteiger partial charge in [0.1, 0.15) is 42.3 Å². The Morgan fingerprint density at radius 3 is 2.70 bits per heavy atom. The number of hydrogen-bond acceptors (Lipinski definition) is 10. The number of alkyl halides is 1. The highest BCUT2D eigenvalue weighted by molar-refractivity contribution is 6.31. The first-order valence-electron chi connectivity index (χ1n) is 15.1. The number of fused-ring (bicyclic) bond motifs is 2. The van der Waals surface area contributed by atoms with Crippen molar-refractivity contribution in [3.05, 3.63) is 35.2 Å². The molecule has 2 atom stereocenters. The van der Waals surface area contributed by atoms with Crippen molar-refractivity contribution in [1.82, 2.24) is 19.9 Å². The van der Waals surface area contributed by atoms with E-state index in [9.17, 15) is 14.6 Å². The zero-order chi connectivity index (χ0) is 30.7. The maximum Gasteiger partial charge on any atom is 0.319 e. The predicted octanol–water partition coefficient (Wildman–Crippen LogP) is 4.22. The van der Waals surface area contributed by atoms with Gasteiger partial charge >= 0.3 is 6.01 Å². The fraction of sp³-hybridized carbons (Fsp3) is 0.581. The van der Waals surface area contributed by atoms with Gasteiger partial charge in [0.05, 0.1) is 23.1 Å². The normalized spacial score (nSPS) is 30.2. The van der Waals surface area contributed by atoms with Crippen LogP contribution in [0.1, 0.15) is 44.9 Å². The predicted molar refractivity (Wildman–Crippen MR) is 159 cm³/mol. The van der Waals surface area contributed by atoms with Crippen LogP contribution < -0.4 is 9.64 Å². The number of phenols is 1. The number of benzene rings is 1. The summed E-state index contributed by atoms with van der Waals surface area (Å²) >= 11 is 6.14. The van der Waals surface area contributed by atoms with Crippen LogP contribution in [0, 0.1) is 11.2 Å². The minimum Gasteiger partial charge on any atom is -0.508 e. The lowest BCUT2D eigenvalue weighted by molar-refractivity contribution is -0.181. The molecule has 1 aromatic carbocycles. The van der Waals surface area contributed by atoms with Gasteiger partial charge in [-0.3, -0.25) is 9.88 Å². The molecular weight excluding hydrogens is 596 g/mol. The van der Waals surface area contributed by atoms with Gasteiger partial charge in [0.15, 0.2) is 5.82 Å². The van der Waals surface area contributed by atoms with E-state index in [2.05, 4.69) is 19.8 Å². The van der Waals surface area contributed by atoms with Gasteiger partial charge in [-0.15, -0.1) is 0 Å². The smallest absolute Gasteiger partial charge is 0.319 e. The topological polar surface area (TPSA) is 124 Å². The average molecular weight is 632 g/mol. The van der Waals surface area contributed by atoms with E-state index in [1.54, 1.807) is 0 Å². The van der Waals surface area contributed by atoms with Crippen molar-refractivity contribution in [3.8, 4) is 23.0 Å². The summed E-state index contributed by atoms with van der Waals surface area (Å²) in [5.74, 6) is -0.338. The molecule has 1 spiro atoms. The number of anilines is 1. The summed E-state index contributed by atoms with van der Waals surface area (Å²) in [6, 6.07) is 4.27. The third kappa shape index (κ3) is 5.34. The molecule has 0 unspecified atom stereocenters. The van der Waals surface area contributed by atoms with Crippen LogP contribution in [-0.4, -0.2) is 98.7 Å². The van der Waals surface area contributed by atoms with Crippen molar-refractivity contribution in [2.24, 2.45) is 5.41 Å². The molecule has 3 N–H and O–H groups in total. The summed E-state index contributed by atoms with van der Waals surface area (Å²) in [4.78, 5) is 17.9. The van der Waals surface area contributed by atoms with Gasteiger partial charge in [0, 0.05) is 42.8 Å². The van der Waals surface area contributed by atoms with Crippen LogP contribution in [0.4, 0.5) is 14.6 Å². The summed E-state index contributed by atoms with van der Waals surface area (Å²) < 4.78 is 42.0. The van der Waals surface area contributed by atoms with E-state index in [0.717, 1.165) is 32.2 Å². The maximum absolute atomic E-state index is 16.3. The van der Waals surface area contributed by atoms with Crippen LogP contribution in [0.25, 0.3) is 22.2 Å². The van der Waals surface area contributed by atoms with Crippen molar-refractivity contribution in [1.29, 1.82) is 0 Å². The average Bonchev–Trinajstić information content (AvgIpc) is 3.49. The lowest BCUT2D eigenvalue weighted by atomic mass is 9.56. The number of piperidine rings is 1. The van der Waals surface area contributed by atoms with Crippen LogP contribution in [0.2, 0.25) is 5.02 Å². The molecule has 3 aliphatic heterocycles. The highest BCUT2D eigenvalue weighted by atomic mass is 35.5. The number of ether oxygens (including phenoxy) is 2. The van der Waals surface area contributed by atoms with Crippen LogP contribution in [0.3, 0.4) is 0 Å². The van der Waals surface area contributed by atoms with Crippen molar-refractivity contribution >= 4 is 28.3 Å². The lowest BCUT2D eigenvalue weighted by Crippen LogP contribution is -2.60. The van der Waals surface area contributed by atoms with Gasteiger partial charge in [0.25, 0.3) is 0 Å². The van der Waals surface area contributed by atoms with Gasteiger partial charge in [-0.2, -0.15) is 9.97 Å². The molecule has 1 aliphatic carbocycles. The number of phenolic OH excluding ortho intramolecular Hbond substituents is 1. The number of pyridine rings is 1. The van der Waals surface area contributed by atoms with E-state index in [4.69, 9.17) is 31.2 Å². The summed E-state index contributed by atoms with van der Waals surface area (Å²) in [6.07, 6.45) is 5.54. The summed E-state index contributed by atoms with van der Waals surface area (Å²) in [7, 11) is 0. The number of aliphatic hydroxyl groups is 2. The van der Waals surface area contributed by atoms with Gasteiger partial charge < -0.3 is 29.7 Å². The first kappa shape index (κ1) is 29.8. The molecule has 0 radical (unpaired) electrons. The number of nitrogens with zero attached hydrogens (tertiary/aromatic N) is 5. The third-order valence-electron chi connectivity index (χ3n) is 9.86. The standard InChI is InChI=1S/C31H36ClF2N5O5/c32-20-7-19(8-22(41)9-20)25-24(34)26-23(11-35-25)27(38-5-1-3-29(15-38)13-31(42,14-29)17-43-18-40)37-28(36-26)44-16-30-4-2-6-39(30)12-21(33)10-30/h7-9,11,21,40-42H,1-6,10,12-18H2/t21-,29?,30+,31?/m1/s1. The van der Waals surface area contributed by atoms with E-state index in [1.165, 1.54) is 24.4 Å². The van der Waals surface area contributed by atoms with E-state index < -0.39 is 29.9 Å². The van der Waals surface area contributed by atoms with Crippen molar-refractivity contribution in [2.45, 2.75) is 62.3 Å². The first-order chi connectivity index (χ1) is 21.1. The Bertz CT molecular complexity index is 1560. The Morgan fingerprint density at radius 1 is 1.09 bits per heavy atom. The molecule has 236 valence electrons. The molecule has 3 saturated heterocycles. The molecule has 7 rings (SSSR count). The second kappa shape index (κ2) is 11.2. The number of halogens is 3. The summed E-state index contributed by atoms with van der Waals surface area (Å²) in [5, 5.41) is 30.7. The van der Waals surface area contributed by atoms with Crippen LogP contribution in [-0.2, 0) is 4.74 Å². The summed E-state index contributed by atoms with van der Waals surface area (Å²) in [5.41, 5.74) is -1.32. The Labute approximate surface area is 258 Å². The number of aromatic nitrogens is 3. The largest absolute Gasteiger partial charge is 0.508 e. The van der Waals surface area contributed by atoms with E-state index in [-0.39, 0.29) is 46.6 Å². The second-order valence-electron chi connectivity index (χ2n) is 13.2. The molecule has 0 amide bonds. The molecular formula is C31H36ClF2N5O5. The van der Waals surface area contributed by atoms with Gasteiger partial charge in [-0.25, -0.2) is 8.78 Å². The molecule has 10 nitrogen and oxygen atoms in total. The monoisotopic (exact) mass is 631 g/mol. The Balaban J connectivity index is 1.25. The Hall–Kier alpha value is -2.90. The minimum atomic E-state index is -0.999. The molecule has 2 aromatic heterocycles. The van der Waals surface area contributed by atoms with Gasteiger partial charge in [-0.05, 0) is 68.7 Å². The van der Waals surface area contributed by atoms with Crippen molar-refractivity contribution < 1.29 is 33.6 Å². The van der Waals surface area contributed by atoms with E-state index in [0.29, 0.717) is 55.7 Å². The third-order valence-corrected chi connectivity index (χ3v) is 10.1. The molecule has 44 heavy (non-hydrogen) atoms. The van der Waals surface area contributed by atoms with E-state index in [1.807, 2.05) is 0 Å².